The van der Waals surface area contributed by atoms with Crippen molar-refractivity contribution in [1.29, 1.82) is 0 Å². The number of H-pyrrole nitrogens is 1. The maximum absolute atomic E-state index is 13.6. The van der Waals surface area contributed by atoms with Crippen LogP contribution in [0.2, 0.25) is 0 Å². The van der Waals surface area contributed by atoms with Gasteiger partial charge in [-0.05, 0) is 79.3 Å². The lowest BCUT2D eigenvalue weighted by molar-refractivity contribution is 0.0739. The molecule has 0 saturated carbocycles. The predicted octanol–water partition coefficient (Wildman–Crippen LogP) is 3.35. The Labute approximate surface area is 197 Å². The summed E-state index contributed by atoms with van der Waals surface area (Å²) in [6.07, 6.45) is 1.50. The SMILES string of the molecule is Cc1cc2cc(c1)S(=O)(=O)c1c([nH]c(C(=O)N3CCCc4ccc(O)cc4C3)c1C)C(=O)N2C. The summed E-state index contributed by atoms with van der Waals surface area (Å²) in [5.41, 5.74) is 3.31. The highest BCUT2D eigenvalue weighted by Crippen LogP contribution is 2.36. The average molecular weight is 480 g/mol. The molecule has 0 aliphatic carbocycles. The van der Waals surface area contributed by atoms with Crippen LogP contribution in [0.25, 0.3) is 0 Å². The second kappa shape index (κ2) is 7.73. The molecule has 0 unspecified atom stereocenters. The normalized spacial score (nSPS) is 16.9. The van der Waals surface area contributed by atoms with Crippen LogP contribution in [0.4, 0.5) is 5.69 Å². The third-order valence-corrected chi connectivity index (χ3v) is 8.54. The van der Waals surface area contributed by atoms with Gasteiger partial charge in [-0.25, -0.2) is 8.42 Å². The molecule has 2 aliphatic heterocycles. The first-order chi connectivity index (χ1) is 16.1. The van der Waals surface area contributed by atoms with Crippen molar-refractivity contribution < 1.29 is 23.1 Å². The van der Waals surface area contributed by atoms with Crippen LogP contribution in [-0.4, -0.2) is 48.8 Å². The van der Waals surface area contributed by atoms with Gasteiger partial charge in [0.15, 0.2) is 0 Å². The zero-order chi connectivity index (χ0) is 24.4. The van der Waals surface area contributed by atoms with E-state index in [9.17, 15) is 23.1 Å². The zero-order valence-electron chi connectivity index (χ0n) is 19.2. The lowest BCUT2D eigenvalue weighted by Crippen LogP contribution is -2.32. The number of sulfone groups is 1. The van der Waals surface area contributed by atoms with E-state index in [1.54, 1.807) is 50.1 Å². The lowest BCUT2D eigenvalue weighted by Gasteiger charge is -2.22. The molecular formula is C25H25N3O5S. The van der Waals surface area contributed by atoms with Crippen molar-refractivity contribution in [3.63, 3.8) is 0 Å². The van der Waals surface area contributed by atoms with Crippen LogP contribution in [0.15, 0.2) is 46.2 Å². The summed E-state index contributed by atoms with van der Waals surface area (Å²) >= 11 is 0. The number of carbonyl (C=O) groups is 2. The molecule has 3 heterocycles. The van der Waals surface area contributed by atoms with E-state index < -0.39 is 15.7 Å². The fraction of sp³-hybridized carbons (Fsp3) is 0.280. The van der Waals surface area contributed by atoms with Crippen LogP contribution in [0.3, 0.4) is 0 Å². The lowest BCUT2D eigenvalue weighted by atomic mass is 10.0. The largest absolute Gasteiger partial charge is 0.508 e. The van der Waals surface area contributed by atoms with E-state index in [-0.39, 0.29) is 44.9 Å². The van der Waals surface area contributed by atoms with Gasteiger partial charge in [-0.15, -0.1) is 0 Å². The molecule has 0 spiro atoms. The smallest absolute Gasteiger partial charge is 0.275 e. The number of amides is 2. The number of nitrogens with zero attached hydrogens (tertiary/aromatic N) is 2. The Morgan fingerprint density at radius 3 is 2.62 bits per heavy atom. The van der Waals surface area contributed by atoms with Gasteiger partial charge in [0.25, 0.3) is 11.8 Å². The quantitative estimate of drug-likeness (QED) is 0.556. The molecule has 0 radical (unpaired) electrons. The molecule has 1 aromatic heterocycles. The third-order valence-electron chi connectivity index (χ3n) is 6.64. The number of aromatic nitrogens is 1. The summed E-state index contributed by atoms with van der Waals surface area (Å²) in [5, 5.41) is 9.90. The zero-order valence-corrected chi connectivity index (χ0v) is 20.0. The topological polar surface area (TPSA) is 111 Å². The van der Waals surface area contributed by atoms with Crippen LogP contribution >= 0.6 is 0 Å². The van der Waals surface area contributed by atoms with Gasteiger partial charge in [0.2, 0.25) is 9.84 Å². The number of benzene rings is 2. The van der Waals surface area contributed by atoms with Gasteiger partial charge in [0.1, 0.15) is 22.0 Å². The number of aryl methyl sites for hydroxylation is 2. The Bertz CT molecular complexity index is 1470. The number of carbonyl (C=O) groups excluding carboxylic acids is 2. The van der Waals surface area contributed by atoms with Crippen molar-refractivity contribution in [2.45, 2.75) is 43.0 Å². The van der Waals surface area contributed by atoms with Crippen molar-refractivity contribution in [2.75, 3.05) is 18.5 Å². The Morgan fingerprint density at radius 1 is 1.09 bits per heavy atom. The van der Waals surface area contributed by atoms with Crippen LogP contribution in [0.5, 0.6) is 5.75 Å². The number of aromatic hydroxyl groups is 1. The highest BCUT2D eigenvalue weighted by molar-refractivity contribution is 7.91. The first-order valence-electron chi connectivity index (χ1n) is 11.1. The maximum Gasteiger partial charge on any atom is 0.275 e. The van der Waals surface area contributed by atoms with E-state index in [1.807, 2.05) is 6.07 Å². The van der Waals surface area contributed by atoms with Crippen LogP contribution in [0.1, 0.15) is 49.7 Å². The number of phenolic OH excluding ortho intramolecular Hbond substituents is 1. The molecule has 2 amide bonds. The monoisotopic (exact) mass is 479 g/mol. The average Bonchev–Trinajstić information content (AvgIpc) is 3.00. The van der Waals surface area contributed by atoms with E-state index in [1.165, 1.54) is 11.0 Å². The van der Waals surface area contributed by atoms with E-state index in [2.05, 4.69) is 4.98 Å². The summed E-state index contributed by atoms with van der Waals surface area (Å²) in [6, 6.07) is 9.94. The van der Waals surface area contributed by atoms with E-state index in [0.717, 1.165) is 29.5 Å². The number of anilines is 1. The van der Waals surface area contributed by atoms with Crippen LogP contribution in [0, 0.1) is 13.8 Å². The van der Waals surface area contributed by atoms with Gasteiger partial charge in [-0.3, -0.25) is 9.59 Å². The molecule has 34 heavy (non-hydrogen) atoms. The number of fused-ring (bicyclic) bond motifs is 4. The number of hydrogen-bond donors (Lipinski definition) is 2. The van der Waals surface area contributed by atoms with Crippen LogP contribution in [-0.2, 0) is 22.8 Å². The molecule has 2 N–H and O–H groups in total. The molecule has 0 saturated heterocycles. The van der Waals surface area contributed by atoms with Gasteiger partial charge >= 0.3 is 0 Å². The molecule has 9 heteroatoms. The van der Waals surface area contributed by atoms with Crippen molar-refractivity contribution in [3.05, 3.63) is 70.0 Å². The number of rotatable bonds is 1. The Kier molecular flexibility index (Phi) is 5.05. The molecule has 176 valence electrons. The van der Waals surface area contributed by atoms with E-state index >= 15 is 0 Å². The number of aromatic amines is 1. The molecule has 8 nitrogen and oxygen atoms in total. The summed E-state index contributed by atoms with van der Waals surface area (Å²) in [7, 11) is -2.46. The van der Waals surface area contributed by atoms with Crippen molar-refractivity contribution in [3.8, 4) is 5.75 Å². The van der Waals surface area contributed by atoms with Crippen molar-refractivity contribution in [2.24, 2.45) is 0 Å². The van der Waals surface area contributed by atoms with Crippen molar-refractivity contribution >= 4 is 27.3 Å². The first kappa shape index (κ1) is 22.2. The molecule has 0 atom stereocenters. The standard InChI is InChI=1S/C25H25N3O5S/c1-14-9-18-12-20(10-14)34(32,33)23-15(2)21(26-22(23)24(30)27(18)3)25(31)28-8-4-5-16-6-7-19(29)11-17(16)13-28/h6-7,9-12,26,29H,4-5,8,13H2,1-3H3. The summed E-state index contributed by atoms with van der Waals surface area (Å²) in [6.45, 7) is 4.09. The minimum Gasteiger partial charge on any atom is -0.508 e. The Hall–Kier alpha value is -3.59. The number of phenols is 1. The summed E-state index contributed by atoms with van der Waals surface area (Å²) < 4.78 is 27.2. The van der Waals surface area contributed by atoms with Gasteiger partial charge in [0.05, 0.1) is 4.90 Å². The summed E-state index contributed by atoms with van der Waals surface area (Å²) in [5.74, 6) is -0.777. The Morgan fingerprint density at radius 2 is 1.85 bits per heavy atom. The fourth-order valence-corrected chi connectivity index (χ4v) is 6.60. The second-order valence-electron chi connectivity index (χ2n) is 8.98. The highest BCUT2D eigenvalue weighted by Gasteiger charge is 2.37. The summed E-state index contributed by atoms with van der Waals surface area (Å²) in [4.78, 5) is 32.7. The molecular weight excluding hydrogens is 454 g/mol. The molecule has 0 fully saturated rings. The predicted molar refractivity (Wildman–Crippen MR) is 126 cm³/mol. The van der Waals surface area contributed by atoms with Gasteiger partial charge < -0.3 is 19.9 Å². The third kappa shape index (κ3) is 3.38. The number of nitrogens with one attached hydrogen (secondary N) is 1. The molecule has 2 aliphatic rings. The van der Waals surface area contributed by atoms with Gasteiger partial charge in [-0.2, -0.15) is 0 Å². The molecule has 2 aromatic carbocycles. The fourth-order valence-electron chi connectivity index (χ4n) is 4.84. The number of hydrogen-bond acceptors (Lipinski definition) is 5. The molecule has 3 aromatic rings. The van der Waals surface area contributed by atoms with E-state index in [0.29, 0.717) is 12.2 Å². The maximum atomic E-state index is 13.6. The van der Waals surface area contributed by atoms with Gasteiger partial charge in [0, 0.05) is 25.8 Å². The minimum absolute atomic E-state index is 0.0865. The van der Waals surface area contributed by atoms with Crippen LogP contribution < -0.4 is 4.90 Å². The van der Waals surface area contributed by atoms with Gasteiger partial charge in [-0.1, -0.05) is 6.07 Å². The minimum atomic E-state index is -4.04. The molecule has 2 bridgehead atoms. The molecule has 5 rings (SSSR count). The first-order valence-corrected chi connectivity index (χ1v) is 12.5. The van der Waals surface area contributed by atoms with E-state index in [4.69, 9.17) is 0 Å². The van der Waals surface area contributed by atoms with Crippen molar-refractivity contribution in [1.82, 2.24) is 9.88 Å². The highest BCUT2D eigenvalue weighted by atomic mass is 32.2. The second-order valence-corrected chi connectivity index (χ2v) is 10.9. The Balaban J connectivity index is 1.62.